The summed E-state index contributed by atoms with van der Waals surface area (Å²) in [6, 6.07) is 11.8. The SMILES string of the molecule is CCC(=O)c1ccc(OC(=O)/C=C/c2cc(OC)ccc2OC)cc1. The third kappa shape index (κ3) is 4.94. The maximum atomic E-state index is 12.0. The van der Waals surface area contributed by atoms with E-state index in [4.69, 9.17) is 14.2 Å². The van der Waals surface area contributed by atoms with Crippen LogP contribution in [0, 0.1) is 0 Å². The molecule has 0 N–H and O–H groups in total. The highest BCUT2D eigenvalue weighted by Gasteiger charge is 2.06. The molecule has 0 atom stereocenters. The van der Waals surface area contributed by atoms with Crippen LogP contribution >= 0.6 is 0 Å². The molecule has 5 nitrogen and oxygen atoms in total. The van der Waals surface area contributed by atoms with Gasteiger partial charge in [-0.1, -0.05) is 6.92 Å². The molecular formula is C20H20O5. The van der Waals surface area contributed by atoms with Crippen molar-refractivity contribution in [1.29, 1.82) is 0 Å². The highest BCUT2D eigenvalue weighted by Crippen LogP contribution is 2.25. The number of carbonyl (C=O) groups is 2. The predicted octanol–water partition coefficient (Wildman–Crippen LogP) is 3.92. The van der Waals surface area contributed by atoms with Crippen molar-refractivity contribution in [3.05, 3.63) is 59.7 Å². The van der Waals surface area contributed by atoms with Crippen LogP contribution in [0.4, 0.5) is 0 Å². The fourth-order valence-corrected chi connectivity index (χ4v) is 2.19. The zero-order chi connectivity index (χ0) is 18.2. The molecule has 0 saturated carbocycles. The molecule has 0 bridgehead atoms. The minimum Gasteiger partial charge on any atom is -0.497 e. The highest BCUT2D eigenvalue weighted by atomic mass is 16.5. The molecule has 0 heterocycles. The maximum absolute atomic E-state index is 12.0. The van der Waals surface area contributed by atoms with E-state index in [0.717, 1.165) is 0 Å². The lowest BCUT2D eigenvalue weighted by molar-refractivity contribution is -0.128. The van der Waals surface area contributed by atoms with E-state index in [1.165, 1.54) is 6.08 Å². The lowest BCUT2D eigenvalue weighted by Gasteiger charge is -2.07. The van der Waals surface area contributed by atoms with Gasteiger partial charge in [-0.25, -0.2) is 4.79 Å². The van der Waals surface area contributed by atoms with Gasteiger partial charge in [-0.05, 0) is 48.5 Å². The molecular weight excluding hydrogens is 320 g/mol. The van der Waals surface area contributed by atoms with Gasteiger partial charge in [0.15, 0.2) is 5.78 Å². The van der Waals surface area contributed by atoms with Crippen molar-refractivity contribution < 1.29 is 23.8 Å². The van der Waals surface area contributed by atoms with Crippen molar-refractivity contribution in [3.63, 3.8) is 0 Å². The minimum absolute atomic E-state index is 0.0443. The van der Waals surface area contributed by atoms with Crippen molar-refractivity contribution in [2.45, 2.75) is 13.3 Å². The standard InChI is InChI=1S/C20H20O5/c1-4-18(21)14-5-8-16(9-6-14)25-20(22)12-7-15-13-17(23-2)10-11-19(15)24-3/h5-13H,4H2,1-3H3/b12-7+. The van der Waals surface area contributed by atoms with Crippen molar-refractivity contribution in [2.75, 3.05) is 14.2 Å². The predicted molar refractivity (Wildman–Crippen MR) is 95.3 cm³/mol. The number of benzene rings is 2. The molecule has 2 aromatic rings. The van der Waals surface area contributed by atoms with E-state index in [1.54, 1.807) is 69.7 Å². The number of rotatable bonds is 7. The number of Topliss-reactive ketones (excluding diaryl/α,β-unsaturated/α-hetero) is 1. The number of methoxy groups -OCH3 is 2. The Bertz CT molecular complexity index is 775. The van der Waals surface area contributed by atoms with Crippen LogP contribution in [0.2, 0.25) is 0 Å². The van der Waals surface area contributed by atoms with Gasteiger partial charge in [-0.2, -0.15) is 0 Å². The Labute approximate surface area is 146 Å². The first-order chi connectivity index (χ1) is 12.1. The Kier molecular flexibility index (Phi) is 6.34. The van der Waals surface area contributed by atoms with Crippen molar-refractivity contribution in [3.8, 4) is 17.2 Å². The number of ketones is 1. The zero-order valence-electron chi connectivity index (χ0n) is 14.4. The summed E-state index contributed by atoms with van der Waals surface area (Å²) in [7, 11) is 3.12. The highest BCUT2D eigenvalue weighted by molar-refractivity contribution is 5.96. The Balaban J connectivity index is 2.07. The topological polar surface area (TPSA) is 61.8 Å². The first-order valence-electron chi connectivity index (χ1n) is 7.82. The third-order valence-electron chi connectivity index (χ3n) is 3.55. The average Bonchev–Trinajstić information content (AvgIpc) is 2.66. The number of ether oxygens (including phenoxy) is 3. The maximum Gasteiger partial charge on any atom is 0.336 e. The third-order valence-corrected chi connectivity index (χ3v) is 3.55. The molecule has 0 aliphatic carbocycles. The molecule has 2 aromatic carbocycles. The van der Waals surface area contributed by atoms with Crippen LogP contribution in [0.5, 0.6) is 17.2 Å². The lowest BCUT2D eigenvalue weighted by Crippen LogP contribution is -2.04. The second kappa shape index (κ2) is 8.68. The van der Waals surface area contributed by atoms with E-state index in [-0.39, 0.29) is 5.78 Å². The Hall–Kier alpha value is -3.08. The second-order valence-corrected chi connectivity index (χ2v) is 5.16. The molecule has 0 amide bonds. The number of hydrogen-bond donors (Lipinski definition) is 0. The summed E-state index contributed by atoms with van der Waals surface area (Å²) in [5, 5.41) is 0. The fourth-order valence-electron chi connectivity index (χ4n) is 2.19. The lowest BCUT2D eigenvalue weighted by atomic mass is 10.1. The first-order valence-corrected chi connectivity index (χ1v) is 7.82. The van der Waals surface area contributed by atoms with Crippen LogP contribution in [0.1, 0.15) is 29.3 Å². The number of hydrogen-bond acceptors (Lipinski definition) is 5. The molecule has 0 saturated heterocycles. The minimum atomic E-state index is -0.528. The molecule has 0 unspecified atom stereocenters. The van der Waals surface area contributed by atoms with E-state index in [9.17, 15) is 9.59 Å². The van der Waals surface area contributed by atoms with Crippen LogP contribution in [-0.2, 0) is 4.79 Å². The van der Waals surface area contributed by atoms with Crippen LogP contribution < -0.4 is 14.2 Å². The number of carbonyl (C=O) groups excluding carboxylic acids is 2. The summed E-state index contributed by atoms with van der Waals surface area (Å²) >= 11 is 0. The molecule has 0 aliphatic rings. The van der Waals surface area contributed by atoms with E-state index >= 15 is 0 Å². The zero-order valence-corrected chi connectivity index (χ0v) is 14.4. The first kappa shape index (κ1) is 18.3. The molecule has 5 heteroatoms. The smallest absolute Gasteiger partial charge is 0.336 e. The summed E-state index contributed by atoms with van der Waals surface area (Å²) in [5.41, 5.74) is 1.29. The van der Waals surface area contributed by atoms with E-state index in [1.807, 2.05) is 0 Å². The second-order valence-electron chi connectivity index (χ2n) is 5.16. The molecule has 25 heavy (non-hydrogen) atoms. The summed E-state index contributed by atoms with van der Waals surface area (Å²) in [4.78, 5) is 23.5. The Morgan fingerprint density at radius 2 is 1.64 bits per heavy atom. The van der Waals surface area contributed by atoms with Gasteiger partial charge < -0.3 is 14.2 Å². The van der Waals surface area contributed by atoms with E-state index in [0.29, 0.717) is 34.8 Å². The van der Waals surface area contributed by atoms with Gasteiger partial charge in [0.05, 0.1) is 14.2 Å². The largest absolute Gasteiger partial charge is 0.497 e. The van der Waals surface area contributed by atoms with E-state index < -0.39 is 5.97 Å². The van der Waals surface area contributed by atoms with E-state index in [2.05, 4.69) is 0 Å². The van der Waals surface area contributed by atoms with Gasteiger partial charge in [0, 0.05) is 23.6 Å². The molecule has 0 aliphatic heterocycles. The summed E-state index contributed by atoms with van der Waals surface area (Å²) < 4.78 is 15.6. The monoisotopic (exact) mass is 340 g/mol. The van der Waals surface area contributed by atoms with Gasteiger partial charge in [-0.3, -0.25) is 4.79 Å². The van der Waals surface area contributed by atoms with Gasteiger partial charge in [-0.15, -0.1) is 0 Å². The molecule has 130 valence electrons. The van der Waals surface area contributed by atoms with Crippen molar-refractivity contribution in [2.24, 2.45) is 0 Å². The van der Waals surface area contributed by atoms with Crippen LogP contribution in [-0.4, -0.2) is 26.0 Å². The molecule has 0 fully saturated rings. The van der Waals surface area contributed by atoms with Gasteiger partial charge >= 0.3 is 5.97 Å². The van der Waals surface area contributed by atoms with Gasteiger partial charge in [0.2, 0.25) is 0 Å². The van der Waals surface area contributed by atoms with Crippen LogP contribution in [0.15, 0.2) is 48.5 Å². The molecule has 2 rings (SSSR count). The average molecular weight is 340 g/mol. The van der Waals surface area contributed by atoms with Gasteiger partial charge in [0.25, 0.3) is 0 Å². The van der Waals surface area contributed by atoms with Crippen LogP contribution in [0.25, 0.3) is 6.08 Å². The molecule has 0 aromatic heterocycles. The molecule has 0 spiro atoms. The normalized spacial score (nSPS) is 10.5. The Morgan fingerprint density at radius 1 is 0.960 bits per heavy atom. The fraction of sp³-hybridized carbons (Fsp3) is 0.200. The summed E-state index contributed by atoms with van der Waals surface area (Å²) in [6.45, 7) is 1.80. The van der Waals surface area contributed by atoms with Crippen LogP contribution in [0.3, 0.4) is 0 Å². The van der Waals surface area contributed by atoms with Crippen molar-refractivity contribution in [1.82, 2.24) is 0 Å². The Morgan fingerprint density at radius 3 is 2.24 bits per heavy atom. The summed E-state index contributed by atoms with van der Waals surface area (Å²) in [6.07, 6.45) is 3.34. The van der Waals surface area contributed by atoms with Gasteiger partial charge in [0.1, 0.15) is 17.2 Å². The quantitative estimate of drug-likeness (QED) is 0.331. The number of esters is 1. The van der Waals surface area contributed by atoms with Crippen molar-refractivity contribution >= 4 is 17.8 Å². The molecule has 0 radical (unpaired) electrons. The summed E-state index contributed by atoms with van der Waals surface area (Å²) in [5.74, 6) is 1.17.